The Morgan fingerprint density at radius 1 is 1.41 bits per heavy atom. The van der Waals surface area contributed by atoms with Crippen LogP contribution in [0.5, 0.6) is 0 Å². The average Bonchev–Trinajstić information content (AvgIpc) is 3.11. The Morgan fingerprint density at radius 2 is 2.23 bits per heavy atom. The van der Waals surface area contributed by atoms with E-state index in [9.17, 15) is 4.79 Å². The van der Waals surface area contributed by atoms with Crippen molar-refractivity contribution >= 4 is 21.8 Å². The van der Waals surface area contributed by atoms with E-state index in [2.05, 4.69) is 34.8 Å². The number of aromatic nitrogens is 1. The monoisotopic (exact) mass is 366 g/mol. The van der Waals surface area contributed by atoms with Crippen molar-refractivity contribution in [1.29, 1.82) is 0 Å². The van der Waals surface area contributed by atoms with Crippen LogP contribution in [0.25, 0.3) is 0 Å². The number of carbonyl (C=O) groups excluding carboxylic acids is 1. The lowest BCUT2D eigenvalue weighted by Gasteiger charge is -2.52. The molecule has 1 aromatic heterocycles. The van der Waals surface area contributed by atoms with E-state index < -0.39 is 0 Å². The summed E-state index contributed by atoms with van der Waals surface area (Å²) < 4.78 is 7.48. The maximum Gasteiger partial charge on any atom is 0.270 e. The molecule has 5 heteroatoms. The minimum absolute atomic E-state index is 0.0872. The first-order valence-electron chi connectivity index (χ1n) is 8.20. The van der Waals surface area contributed by atoms with Gasteiger partial charge in [0.2, 0.25) is 0 Å². The quantitative estimate of drug-likeness (QED) is 0.825. The molecular weight excluding hydrogens is 344 g/mol. The summed E-state index contributed by atoms with van der Waals surface area (Å²) in [5.41, 5.74) is 0.273. The van der Waals surface area contributed by atoms with Gasteiger partial charge < -0.3 is 14.6 Å². The van der Waals surface area contributed by atoms with Crippen LogP contribution in [0.4, 0.5) is 0 Å². The van der Waals surface area contributed by atoms with Gasteiger partial charge in [0.15, 0.2) is 0 Å². The Balaban J connectivity index is 1.62. The Morgan fingerprint density at radius 3 is 2.82 bits per heavy atom. The Labute approximate surface area is 139 Å². The molecule has 22 heavy (non-hydrogen) atoms. The zero-order valence-electron chi connectivity index (χ0n) is 13.2. The van der Waals surface area contributed by atoms with E-state index in [-0.39, 0.29) is 17.1 Å². The summed E-state index contributed by atoms with van der Waals surface area (Å²) in [5, 5.41) is 0. The molecule has 1 amide bonds. The molecule has 120 valence electrons. The largest absolute Gasteiger partial charge is 0.365 e. The number of halogens is 1. The lowest BCUT2D eigenvalue weighted by molar-refractivity contribution is -0.208. The average molecular weight is 367 g/mol. The fraction of sp³-hybridized carbons (Fsp3) is 0.706. The molecule has 0 aromatic carbocycles. The van der Waals surface area contributed by atoms with Gasteiger partial charge >= 0.3 is 0 Å². The highest BCUT2D eigenvalue weighted by Crippen LogP contribution is 2.55. The van der Waals surface area contributed by atoms with Crippen molar-refractivity contribution in [2.75, 3.05) is 13.1 Å². The van der Waals surface area contributed by atoms with E-state index in [1.54, 1.807) is 0 Å². The normalized spacial score (nSPS) is 36.2. The minimum atomic E-state index is -0.276. The number of aromatic amines is 1. The Hall–Kier alpha value is -0.810. The summed E-state index contributed by atoms with van der Waals surface area (Å²) >= 11 is 3.41. The second kappa shape index (κ2) is 4.84. The van der Waals surface area contributed by atoms with Crippen LogP contribution >= 0.6 is 15.9 Å². The highest BCUT2D eigenvalue weighted by atomic mass is 79.9. The molecule has 2 bridgehead atoms. The summed E-state index contributed by atoms with van der Waals surface area (Å²) in [7, 11) is 0. The smallest absolute Gasteiger partial charge is 0.270 e. The van der Waals surface area contributed by atoms with Crippen LogP contribution in [0.3, 0.4) is 0 Å². The number of nitrogens with one attached hydrogen (secondary N) is 1. The van der Waals surface area contributed by atoms with Gasteiger partial charge in [-0.3, -0.25) is 4.79 Å². The number of amides is 1. The molecule has 3 aliphatic rings. The van der Waals surface area contributed by atoms with Crippen molar-refractivity contribution in [3.05, 3.63) is 22.4 Å². The number of hydrogen-bond acceptors (Lipinski definition) is 2. The van der Waals surface area contributed by atoms with E-state index in [4.69, 9.17) is 4.74 Å². The van der Waals surface area contributed by atoms with Crippen LogP contribution in [0.1, 0.15) is 50.0 Å². The number of morpholine rings is 1. The van der Waals surface area contributed by atoms with Gasteiger partial charge in [-0.2, -0.15) is 0 Å². The summed E-state index contributed by atoms with van der Waals surface area (Å²) in [6.07, 6.45) is 6.82. The van der Waals surface area contributed by atoms with Crippen molar-refractivity contribution in [2.24, 2.45) is 11.8 Å². The fourth-order valence-corrected chi connectivity index (χ4v) is 5.31. The van der Waals surface area contributed by atoms with E-state index in [0.717, 1.165) is 23.4 Å². The van der Waals surface area contributed by atoms with Crippen molar-refractivity contribution in [1.82, 2.24) is 9.88 Å². The molecule has 1 saturated heterocycles. The van der Waals surface area contributed by atoms with Gasteiger partial charge in [0, 0.05) is 17.2 Å². The van der Waals surface area contributed by atoms with Gasteiger partial charge in [0.25, 0.3) is 5.91 Å². The SMILES string of the molecule is CC1(C)CN(C(=O)c2cc(Br)c[nH]2)C[C@]2(C[C@@H]3CC[C@H]2C3)O1. The van der Waals surface area contributed by atoms with Crippen LogP contribution < -0.4 is 0 Å². The summed E-state index contributed by atoms with van der Waals surface area (Å²) in [6.45, 7) is 5.63. The summed E-state index contributed by atoms with van der Waals surface area (Å²) in [5.74, 6) is 1.52. The lowest BCUT2D eigenvalue weighted by atomic mass is 9.81. The van der Waals surface area contributed by atoms with Crippen LogP contribution in [-0.4, -0.2) is 40.1 Å². The second-order valence-electron chi connectivity index (χ2n) is 7.90. The molecule has 2 heterocycles. The topological polar surface area (TPSA) is 45.3 Å². The van der Waals surface area contributed by atoms with Crippen LogP contribution in [0.2, 0.25) is 0 Å². The van der Waals surface area contributed by atoms with E-state index in [1.807, 2.05) is 17.2 Å². The van der Waals surface area contributed by atoms with E-state index in [0.29, 0.717) is 18.2 Å². The first kappa shape index (κ1) is 14.8. The van der Waals surface area contributed by atoms with Crippen molar-refractivity contribution in [3.63, 3.8) is 0 Å². The van der Waals surface area contributed by atoms with Gasteiger partial charge in [-0.15, -0.1) is 0 Å². The predicted molar refractivity (Wildman–Crippen MR) is 87.7 cm³/mol. The van der Waals surface area contributed by atoms with Crippen molar-refractivity contribution < 1.29 is 9.53 Å². The molecule has 2 saturated carbocycles. The molecule has 0 unspecified atom stereocenters. The van der Waals surface area contributed by atoms with Gasteiger partial charge in [-0.05, 0) is 73.4 Å². The van der Waals surface area contributed by atoms with E-state index in [1.165, 1.54) is 19.3 Å². The maximum atomic E-state index is 12.9. The molecular formula is C17H23BrN2O2. The zero-order chi connectivity index (χ0) is 15.5. The maximum absolute atomic E-state index is 12.9. The molecule has 1 aromatic rings. The second-order valence-corrected chi connectivity index (χ2v) is 8.82. The predicted octanol–water partition coefficient (Wildman–Crippen LogP) is 3.59. The van der Waals surface area contributed by atoms with Crippen molar-refractivity contribution in [2.45, 2.75) is 50.7 Å². The fourth-order valence-electron chi connectivity index (χ4n) is 4.97. The molecule has 1 spiro atoms. The van der Waals surface area contributed by atoms with Gasteiger partial charge in [0.1, 0.15) is 5.69 Å². The third-order valence-corrected chi connectivity index (χ3v) is 6.05. The summed E-state index contributed by atoms with van der Waals surface area (Å²) in [4.78, 5) is 17.9. The van der Waals surface area contributed by atoms with Crippen LogP contribution in [0.15, 0.2) is 16.7 Å². The first-order chi connectivity index (χ1) is 10.4. The first-order valence-corrected chi connectivity index (χ1v) is 9.00. The molecule has 3 atom stereocenters. The Bertz CT molecular complexity index is 612. The standard InChI is InChI=1S/C17H23BrN2O2/c1-16(2)9-20(15(21)14-6-13(18)8-19-14)10-17(22-16)7-11-3-4-12(17)5-11/h6,8,11-12,19H,3-5,7,9-10H2,1-2H3/t11-,12+,17+/m1/s1. The van der Waals surface area contributed by atoms with Crippen molar-refractivity contribution in [3.8, 4) is 0 Å². The Kier molecular flexibility index (Phi) is 3.25. The van der Waals surface area contributed by atoms with Gasteiger partial charge in [-0.25, -0.2) is 0 Å². The van der Waals surface area contributed by atoms with Crippen LogP contribution in [-0.2, 0) is 4.74 Å². The highest BCUT2D eigenvalue weighted by Gasteiger charge is 2.57. The number of fused-ring (bicyclic) bond motifs is 3. The number of hydrogen-bond donors (Lipinski definition) is 1. The number of nitrogens with zero attached hydrogens (tertiary/aromatic N) is 1. The van der Waals surface area contributed by atoms with E-state index >= 15 is 0 Å². The van der Waals surface area contributed by atoms with Crippen LogP contribution in [0, 0.1) is 11.8 Å². The molecule has 1 aliphatic heterocycles. The number of H-pyrrole nitrogens is 1. The highest BCUT2D eigenvalue weighted by molar-refractivity contribution is 9.10. The lowest BCUT2D eigenvalue weighted by Crippen LogP contribution is -2.62. The van der Waals surface area contributed by atoms with Gasteiger partial charge in [0.05, 0.1) is 17.7 Å². The molecule has 1 N–H and O–H groups in total. The molecule has 4 nitrogen and oxygen atoms in total. The third-order valence-electron chi connectivity index (χ3n) is 5.59. The van der Waals surface area contributed by atoms with Gasteiger partial charge in [-0.1, -0.05) is 0 Å². The number of ether oxygens (including phenoxy) is 1. The molecule has 0 radical (unpaired) electrons. The third kappa shape index (κ3) is 2.33. The molecule has 2 aliphatic carbocycles. The molecule has 3 fully saturated rings. The number of carbonyl (C=O) groups is 1. The number of rotatable bonds is 1. The molecule has 4 rings (SSSR count). The summed E-state index contributed by atoms with van der Waals surface area (Å²) in [6, 6.07) is 1.86. The zero-order valence-corrected chi connectivity index (χ0v) is 14.8. The minimum Gasteiger partial charge on any atom is -0.365 e.